The van der Waals surface area contributed by atoms with Crippen LogP contribution in [0.1, 0.15) is 0 Å². The summed E-state index contributed by atoms with van der Waals surface area (Å²) in [5.74, 6) is 0. The Kier molecular flexibility index (Phi) is 17.1. The summed E-state index contributed by atoms with van der Waals surface area (Å²) < 4.78 is 0. The van der Waals surface area contributed by atoms with Crippen LogP contribution in [-0.2, 0) is 19.5 Å². The summed E-state index contributed by atoms with van der Waals surface area (Å²) in [4.78, 5) is 0. The van der Waals surface area contributed by atoms with Crippen molar-refractivity contribution in [2.24, 2.45) is 0 Å². The Bertz CT molecular complexity index is 1860. The number of hydrogen-bond acceptors (Lipinski definition) is 0. The average molecular weight is 889 g/mol. The zero-order valence-corrected chi connectivity index (χ0v) is 36.7. The molecule has 0 aliphatic carbocycles. The van der Waals surface area contributed by atoms with Gasteiger partial charge in [-0.25, -0.2) is 0 Å². The molecule has 9 rings (SSSR count). The molecule has 0 amide bonds. The molecule has 0 unspecified atom stereocenters. The van der Waals surface area contributed by atoms with Crippen molar-refractivity contribution in [2.45, 2.75) is 0 Å². The average Bonchev–Trinajstić information content (AvgIpc) is 3.30. The molecule has 0 spiro atoms. The molecule has 0 aliphatic heterocycles. The third-order valence-corrected chi connectivity index (χ3v) is 16.5. The number of hydrogen-bond donors (Lipinski definition) is 0. The summed E-state index contributed by atoms with van der Waals surface area (Å²) in [6.07, 6.45) is 0. The van der Waals surface area contributed by atoms with Gasteiger partial charge >= 0.3 is 19.5 Å². The standard InChI is InChI=1S/3C18H15P.Ru.H/c3*1-4-10-16(11-5-1)19(17-12-6-2-7-13-17)18-14-8-3-9-15-18;;/h3*1-15H;;. The Hall–Kier alpha value is -5.11. The molecule has 0 saturated heterocycles. The first kappa shape index (κ1) is 42.5. The second kappa shape index (κ2) is 23.3. The molecule has 9 aromatic rings. The molecule has 9 aromatic carbocycles. The Balaban J connectivity index is 0.000000145. The van der Waals surface area contributed by atoms with E-state index in [9.17, 15) is 0 Å². The van der Waals surface area contributed by atoms with E-state index in [2.05, 4.69) is 273 Å². The SMILES string of the molecule is [RuH].c1ccc(P(c2ccccc2)c2ccccc2)cc1.c1ccc(P(c2ccccc2)c2ccccc2)cc1.c1ccc(P(c2ccccc2)c2ccccc2)cc1. The minimum Gasteiger partial charge on any atom is -0.0622 e. The van der Waals surface area contributed by atoms with E-state index in [1.54, 1.807) is 0 Å². The molecule has 0 N–H and O–H groups in total. The third-order valence-electron chi connectivity index (χ3n) is 9.13. The van der Waals surface area contributed by atoms with Crippen molar-refractivity contribution in [3.8, 4) is 0 Å². The van der Waals surface area contributed by atoms with Crippen LogP contribution >= 0.6 is 23.8 Å². The molecule has 0 fully saturated rings. The fourth-order valence-corrected chi connectivity index (χ4v) is 13.5. The van der Waals surface area contributed by atoms with Crippen LogP contribution < -0.4 is 47.7 Å². The van der Waals surface area contributed by atoms with Crippen LogP contribution in [0, 0.1) is 0 Å². The Morgan fingerprint density at radius 2 is 0.224 bits per heavy atom. The monoisotopic (exact) mass is 889 g/mol. The van der Waals surface area contributed by atoms with Crippen molar-refractivity contribution in [2.75, 3.05) is 0 Å². The van der Waals surface area contributed by atoms with Crippen molar-refractivity contribution in [3.63, 3.8) is 0 Å². The van der Waals surface area contributed by atoms with E-state index < -0.39 is 23.8 Å². The first-order valence-corrected chi connectivity index (χ1v) is 23.2. The van der Waals surface area contributed by atoms with Gasteiger partial charge in [-0.3, -0.25) is 0 Å². The van der Waals surface area contributed by atoms with E-state index in [0.717, 1.165) is 0 Å². The van der Waals surface area contributed by atoms with Crippen LogP contribution in [0.2, 0.25) is 0 Å². The molecule has 0 nitrogen and oxygen atoms in total. The van der Waals surface area contributed by atoms with Crippen molar-refractivity contribution in [1.82, 2.24) is 0 Å². The first-order valence-electron chi connectivity index (χ1n) is 19.2. The van der Waals surface area contributed by atoms with Crippen molar-refractivity contribution < 1.29 is 19.5 Å². The van der Waals surface area contributed by atoms with Crippen LogP contribution in [0.5, 0.6) is 0 Å². The molecular weight excluding hydrogens is 843 g/mol. The Morgan fingerprint density at radius 3 is 0.310 bits per heavy atom. The predicted octanol–water partition coefficient (Wildman–Crippen LogP) is 10.1. The fraction of sp³-hybridized carbons (Fsp3) is 0. The molecule has 0 bridgehead atoms. The Morgan fingerprint density at radius 1 is 0.138 bits per heavy atom. The Labute approximate surface area is 361 Å². The van der Waals surface area contributed by atoms with Gasteiger partial charge in [-0.2, -0.15) is 0 Å². The summed E-state index contributed by atoms with van der Waals surface area (Å²) >= 11 is 0. The van der Waals surface area contributed by atoms with Crippen LogP contribution in [0.3, 0.4) is 0 Å². The topological polar surface area (TPSA) is 0 Å². The van der Waals surface area contributed by atoms with Crippen LogP contribution in [-0.4, -0.2) is 0 Å². The molecule has 285 valence electrons. The van der Waals surface area contributed by atoms with E-state index in [0.29, 0.717) is 0 Å². The van der Waals surface area contributed by atoms with E-state index >= 15 is 0 Å². The first-order chi connectivity index (χ1) is 28.3. The predicted molar refractivity (Wildman–Crippen MR) is 257 cm³/mol. The van der Waals surface area contributed by atoms with Crippen molar-refractivity contribution >= 4 is 71.5 Å². The quantitative estimate of drug-likeness (QED) is 0.100. The smallest absolute Gasteiger partial charge is 0.0134 e. The molecule has 4 heteroatoms. The zero-order chi connectivity index (χ0) is 38.7. The second-order valence-corrected chi connectivity index (χ2v) is 19.7. The molecular formula is C54H46P3Ru. The molecule has 0 aliphatic rings. The van der Waals surface area contributed by atoms with Crippen molar-refractivity contribution in [3.05, 3.63) is 273 Å². The van der Waals surface area contributed by atoms with E-state index in [4.69, 9.17) is 0 Å². The van der Waals surface area contributed by atoms with E-state index in [1.165, 1.54) is 47.7 Å². The van der Waals surface area contributed by atoms with Gasteiger partial charge in [0.15, 0.2) is 0 Å². The summed E-state index contributed by atoms with van der Waals surface area (Å²) in [5.41, 5.74) is 0. The molecule has 0 heterocycles. The summed E-state index contributed by atoms with van der Waals surface area (Å²) in [6.45, 7) is 0. The maximum absolute atomic E-state index is 2.23. The minimum absolute atomic E-state index is 0. The van der Waals surface area contributed by atoms with Gasteiger partial charge in [0, 0.05) is 0 Å². The van der Waals surface area contributed by atoms with Gasteiger partial charge in [-0.05, 0) is 71.5 Å². The third kappa shape index (κ3) is 12.0. The normalized spacial score (nSPS) is 10.4. The summed E-state index contributed by atoms with van der Waals surface area (Å²) in [6, 6.07) is 97.0. The maximum atomic E-state index is 2.23. The zero-order valence-electron chi connectivity index (χ0n) is 32.2. The van der Waals surface area contributed by atoms with Gasteiger partial charge in [0.1, 0.15) is 0 Å². The largest absolute Gasteiger partial charge is 0.0622 e. The van der Waals surface area contributed by atoms with Crippen LogP contribution in [0.25, 0.3) is 0 Å². The van der Waals surface area contributed by atoms with Crippen LogP contribution in [0.15, 0.2) is 273 Å². The van der Waals surface area contributed by atoms with E-state index in [-0.39, 0.29) is 19.5 Å². The van der Waals surface area contributed by atoms with Gasteiger partial charge in [0.2, 0.25) is 0 Å². The summed E-state index contributed by atoms with van der Waals surface area (Å²) in [5, 5.41) is 12.6. The van der Waals surface area contributed by atoms with Gasteiger partial charge in [-0.1, -0.05) is 273 Å². The molecule has 58 heavy (non-hydrogen) atoms. The number of benzene rings is 9. The molecule has 0 radical (unpaired) electrons. The van der Waals surface area contributed by atoms with Gasteiger partial charge < -0.3 is 0 Å². The second-order valence-electron chi connectivity index (χ2n) is 13.0. The van der Waals surface area contributed by atoms with Crippen molar-refractivity contribution in [1.29, 1.82) is 0 Å². The fourth-order valence-electron chi connectivity index (χ4n) is 6.54. The van der Waals surface area contributed by atoms with Gasteiger partial charge in [0.05, 0.1) is 0 Å². The summed E-state index contributed by atoms with van der Waals surface area (Å²) in [7, 11) is -1.34. The maximum Gasteiger partial charge on any atom is -0.0134 e. The minimum atomic E-state index is -0.446. The van der Waals surface area contributed by atoms with Gasteiger partial charge in [0.25, 0.3) is 0 Å². The molecule has 0 aromatic heterocycles. The van der Waals surface area contributed by atoms with E-state index in [1.807, 2.05) is 0 Å². The molecule has 0 saturated carbocycles. The van der Waals surface area contributed by atoms with Crippen LogP contribution in [0.4, 0.5) is 0 Å². The number of rotatable bonds is 9. The molecule has 0 atom stereocenters. The van der Waals surface area contributed by atoms with Gasteiger partial charge in [-0.15, -0.1) is 0 Å².